The third-order valence-electron chi connectivity index (χ3n) is 11.2. The molecule has 12 nitrogen and oxygen atoms in total. The van der Waals surface area contributed by atoms with Gasteiger partial charge in [-0.3, -0.25) is 19.9 Å². The van der Waals surface area contributed by atoms with Crippen LogP contribution in [0.2, 0.25) is 5.02 Å². The number of piperidine rings is 1. The Balaban J connectivity index is 0.00000372. The number of aliphatic carboxylic acids is 2. The largest absolute Gasteiger partial charge is 1.00 e. The van der Waals surface area contributed by atoms with E-state index in [1.54, 1.807) is 18.3 Å². The molecule has 6 rings (SSSR count). The van der Waals surface area contributed by atoms with Gasteiger partial charge in [-0.2, -0.15) is 0 Å². The summed E-state index contributed by atoms with van der Waals surface area (Å²) in [5.41, 5.74) is 5.95. The van der Waals surface area contributed by atoms with Crippen molar-refractivity contribution in [1.82, 2.24) is 25.1 Å². The van der Waals surface area contributed by atoms with E-state index in [0.717, 1.165) is 77.6 Å². The number of para-hydroxylation sites is 1. The van der Waals surface area contributed by atoms with Gasteiger partial charge in [-0.1, -0.05) is 42.6 Å². The molecule has 2 aromatic heterocycles. The van der Waals surface area contributed by atoms with Gasteiger partial charge in [0.1, 0.15) is 0 Å². The summed E-state index contributed by atoms with van der Waals surface area (Å²) < 4.78 is 2.22. The number of aromatic nitrogens is 2. The molecule has 58 heavy (non-hydrogen) atoms. The molecule has 2 atom stereocenters. The molecule has 0 unspecified atom stereocenters. The molecule has 15 heteroatoms. The smallest absolute Gasteiger partial charge is 0.548 e. The van der Waals surface area contributed by atoms with Crippen molar-refractivity contribution in [3.63, 3.8) is 0 Å². The number of hydrogen-bond acceptors (Lipinski definition) is 9. The number of likely N-dealkylation sites (tertiary alicyclic amines) is 1. The van der Waals surface area contributed by atoms with Crippen LogP contribution in [0.25, 0.3) is 22.2 Å². The summed E-state index contributed by atoms with van der Waals surface area (Å²) in [5.74, 6) is -2.97. The second kappa shape index (κ2) is 23.3. The summed E-state index contributed by atoms with van der Waals surface area (Å²) in [7, 11) is 2.08. The van der Waals surface area contributed by atoms with Gasteiger partial charge in [-0.25, -0.2) is 0 Å². The zero-order valence-electron chi connectivity index (χ0n) is 34.0. The average Bonchev–Trinajstić information content (AvgIpc) is 3.39. The topological polar surface area (TPSA) is 163 Å². The SMILES string of the molecule is Cn1c(-c2cccnc2)c(CCCCCC(=O)N2CCC(NCCCC[C@H](N[C@@H]3CCc4ccccc4N(CC(=O)[O-])C3=O)C(=O)[O-])CC2)c2cc(Cl)ccc21.[Na+].[Na+]. The van der Waals surface area contributed by atoms with Crippen LogP contribution < -0.4 is 84.9 Å². The number of carboxylic acid groups (broad SMARTS) is 2. The first-order valence-electron chi connectivity index (χ1n) is 19.8. The Morgan fingerprint density at radius 3 is 2.45 bits per heavy atom. The van der Waals surface area contributed by atoms with E-state index in [1.165, 1.54) is 5.56 Å². The number of fused-ring (bicyclic) bond motifs is 2. The van der Waals surface area contributed by atoms with Crippen LogP contribution in [0, 0.1) is 0 Å². The number of pyridine rings is 1. The predicted octanol–water partition coefficient (Wildman–Crippen LogP) is -2.44. The fourth-order valence-corrected chi connectivity index (χ4v) is 8.49. The van der Waals surface area contributed by atoms with Crippen molar-refractivity contribution in [3.8, 4) is 11.3 Å². The third kappa shape index (κ3) is 12.4. The van der Waals surface area contributed by atoms with Gasteiger partial charge in [0.05, 0.1) is 30.2 Å². The molecule has 298 valence electrons. The van der Waals surface area contributed by atoms with Gasteiger partial charge in [-0.05, 0) is 112 Å². The monoisotopic (exact) mass is 828 g/mol. The standard InChI is InChI=1S/C43H53ClN6O6.2Na/c1-48-38-19-17-31(44)26-34(38)33(41(48)30-11-9-22-45-27-30)12-3-2-4-15-39(51)49-24-20-32(21-25-49)46-23-8-7-13-36(43(55)56)47-35-18-16-29-10-5-6-14-37(29)50(42(35)54)28-40(52)53;;/h5-6,9-11,14,17,19,22,26-27,32,35-36,46-47H,2-4,7-8,12-13,15-16,18,20-21,23-25,28H2,1H3,(H,52,53)(H,55,56);;/q;2*+1/p-2/t35-,36+;;/m1../s1. The number of benzene rings is 2. The van der Waals surface area contributed by atoms with Crippen LogP contribution in [0.15, 0.2) is 67.0 Å². The van der Waals surface area contributed by atoms with Crippen LogP contribution in [0.5, 0.6) is 0 Å². The predicted molar refractivity (Wildman–Crippen MR) is 213 cm³/mol. The molecule has 0 radical (unpaired) electrons. The Kier molecular flexibility index (Phi) is 19.2. The number of aryl methyl sites for hydroxylation is 3. The summed E-state index contributed by atoms with van der Waals surface area (Å²) >= 11 is 6.40. The van der Waals surface area contributed by atoms with E-state index in [2.05, 4.69) is 39.4 Å². The molecule has 0 spiro atoms. The number of carboxylic acids is 2. The molecule has 2 N–H and O–H groups in total. The second-order valence-electron chi connectivity index (χ2n) is 15.0. The van der Waals surface area contributed by atoms with Crippen LogP contribution >= 0.6 is 11.6 Å². The second-order valence-corrected chi connectivity index (χ2v) is 15.4. The van der Waals surface area contributed by atoms with E-state index in [0.29, 0.717) is 56.0 Å². The number of halogens is 1. The number of carbonyl (C=O) groups excluding carboxylic acids is 4. The summed E-state index contributed by atoms with van der Waals surface area (Å²) in [6.45, 7) is 1.53. The van der Waals surface area contributed by atoms with Crippen LogP contribution in [0.3, 0.4) is 0 Å². The van der Waals surface area contributed by atoms with Crippen molar-refractivity contribution < 1.29 is 88.5 Å². The number of rotatable bonds is 18. The molecular formula is C43H51ClN6Na2O6. The fourth-order valence-electron chi connectivity index (χ4n) is 8.32. The van der Waals surface area contributed by atoms with Gasteiger partial charge >= 0.3 is 59.1 Å². The Morgan fingerprint density at radius 2 is 1.72 bits per heavy atom. The molecule has 2 aliphatic heterocycles. The molecule has 4 aromatic rings. The molecule has 0 saturated carbocycles. The number of hydrogen-bond donors (Lipinski definition) is 2. The van der Waals surface area contributed by atoms with Gasteiger partial charge in [0, 0.05) is 78.2 Å². The fraction of sp³-hybridized carbons (Fsp3) is 0.465. The number of anilines is 1. The van der Waals surface area contributed by atoms with Crippen molar-refractivity contribution in [2.45, 2.75) is 95.2 Å². The zero-order chi connectivity index (χ0) is 39.6. The van der Waals surface area contributed by atoms with E-state index in [1.807, 2.05) is 41.4 Å². The van der Waals surface area contributed by atoms with E-state index < -0.39 is 36.5 Å². The van der Waals surface area contributed by atoms with Crippen LogP contribution in [-0.4, -0.2) is 82.5 Å². The van der Waals surface area contributed by atoms with Crippen molar-refractivity contribution in [2.75, 3.05) is 31.1 Å². The molecule has 2 aromatic carbocycles. The van der Waals surface area contributed by atoms with E-state index in [-0.39, 0.29) is 77.5 Å². The maximum Gasteiger partial charge on any atom is 1.00 e. The van der Waals surface area contributed by atoms with Crippen LogP contribution in [-0.2, 0) is 39.1 Å². The maximum absolute atomic E-state index is 13.4. The molecule has 1 fully saturated rings. The molecule has 2 amide bonds. The molecule has 1 saturated heterocycles. The normalized spacial score (nSPS) is 16.2. The van der Waals surface area contributed by atoms with Gasteiger partial charge < -0.3 is 39.5 Å². The van der Waals surface area contributed by atoms with Crippen molar-refractivity contribution >= 4 is 51.9 Å². The van der Waals surface area contributed by atoms with Crippen molar-refractivity contribution in [1.29, 1.82) is 0 Å². The minimum absolute atomic E-state index is 0. The van der Waals surface area contributed by atoms with Gasteiger partial charge in [0.15, 0.2) is 0 Å². The minimum Gasteiger partial charge on any atom is -0.548 e. The number of nitrogens with one attached hydrogen (secondary N) is 2. The zero-order valence-corrected chi connectivity index (χ0v) is 38.8. The van der Waals surface area contributed by atoms with Gasteiger partial charge in [0.25, 0.3) is 0 Å². The first-order valence-corrected chi connectivity index (χ1v) is 20.2. The summed E-state index contributed by atoms with van der Waals surface area (Å²) in [5, 5.41) is 31.9. The summed E-state index contributed by atoms with van der Waals surface area (Å²) in [6.07, 6.45) is 12.0. The maximum atomic E-state index is 13.4. The minimum atomic E-state index is -1.39. The molecule has 4 heterocycles. The Morgan fingerprint density at radius 1 is 0.948 bits per heavy atom. The Bertz CT molecular complexity index is 2010. The summed E-state index contributed by atoms with van der Waals surface area (Å²) in [6, 6.07) is 15.5. The average molecular weight is 829 g/mol. The first kappa shape index (κ1) is 47.9. The number of unbranched alkanes of at least 4 members (excludes halogenated alkanes) is 3. The Labute approximate surface area is 390 Å². The number of carbonyl (C=O) groups is 4. The molecule has 0 aliphatic carbocycles. The number of amides is 2. The van der Waals surface area contributed by atoms with Crippen molar-refractivity contribution in [2.24, 2.45) is 7.05 Å². The molecule has 2 aliphatic rings. The van der Waals surface area contributed by atoms with E-state index >= 15 is 0 Å². The quantitative estimate of drug-likeness (QED) is 0.0821. The van der Waals surface area contributed by atoms with Crippen LogP contribution in [0.1, 0.15) is 75.3 Å². The summed E-state index contributed by atoms with van der Waals surface area (Å²) in [4.78, 5) is 57.4. The van der Waals surface area contributed by atoms with E-state index in [9.17, 15) is 29.4 Å². The number of nitrogens with zero attached hydrogens (tertiary/aromatic N) is 4. The first-order chi connectivity index (χ1) is 27.1. The van der Waals surface area contributed by atoms with Crippen molar-refractivity contribution in [3.05, 3.63) is 83.1 Å². The molecular weight excluding hydrogens is 778 g/mol. The third-order valence-corrected chi connectivity index (χ3v) is 11.5. The molecule has 0 bridgehead atoms. The van der Waals surface area contributed by atoms with Gasteiger partial charge in [0.2, 0.25) is 11.8 Å². The van der Waals surface area contributed by atoms with E-state index in [4.69, 9.17) is 11.6 Å². The van der Waals surface area contributed by atoms with Gasteiger partial charge in [-0.15, -0.1) is 0 Å². The Hall–Kier alpha value is -2.78. The van der Waals surface area contributed by atoms with Crippen LogP contribution in [0.4, 0.5) is 5.69 Å².